The minimum absolute atomic E-state index is 0.0352. The standard InChI is InChI=1S/C17H23BrN4O/c1-12(2)22-16(9-10-19-22)20-17(23)13(3)21(4)11-14-5-7-15(18)8-6-14/h5-10,12-13H,11H2,1-4H3,(H,20,23)/t13-/m1/s1. The number of carbonyl (C=O) groups excluding carboxylic acids is 1. The Morgan fingerprint density at radius 2 is 1.91 bits per heavy atom. The number of rotatable bonds is 6. The molecule has 0 saturated heterocycles. The summed E-state index contributed by atoms with van der Waals surface area (Å²) in [7, 11) is 1.95. The van der Waals surface area contributed by atoms with Crippen LogP contribution in [-0.4, -0.2) is 33.7 Å². The number of aromatic nitrogens is 2. The van der Waals surface area contributed by atoms with E-state index in [4.69, 9.17) is 0 Å². The summed E-state index contributed by atoms with van der Waals surface area (Å²) >= 11 is 3.43. The van der Waals surface area contributed by atoms with Crippen molar-refractivity contribution in [3.05, 3.63) is 46.6 Å². The van der Waals surface area contributed by atoms with Crippen molar-refractivity contribution in [2.24, 2.45) is 0 Å². The number of likely N-dealkylation sites (N-methyl/N-ethyl adjacent to an activating group) is 1. The second-order valence-electron chi connectivity index (χ2n) is 5.96. The number of hydrogen-bond donors (Lipinski definition) is 1. The molecule has 0 unspecified atom stereocenters. The summed E-state index contributed by atoms with van der Waals surface area (Å²) in [5, 5.41) is 7.19. The van der Waals surface area contributed by atoms with Gasteiger partial charge in [-0.1, -0.05) is 28.1 Å². The predicted octanol–water partition coefficient (Wildman–Crippen LogP) is 3.69. The van der Waals surface area contributed by atoms with E-state index < -0.39 is 0 Å². The van der Waals surface area contributed by atoms with E-state index in [9.17, 15) is 4.79 Å². The molecule has 0 aliphatic rings. The molecular weight excluding hydrogens is 356 g/mol. The summed E-state index contributed by atoms with van der Waals surface area (Å²) in [4.78, 5) is 14.5. The maximum Gasteiger partial charge on any atom is 0.242 e. The highest BCUT2D eigenvalue weighted by molar-refractivity contribution is 9.10. The molecule has 0 saturated carbocycles. The number of benzene rings is 1. The Balaban J connectivity index is 1.98. The van der Waals surface area contributed by atoms with Crippen molar-refractivity contribution in [2.45, 2.75) is 39.4 Å². The molecule has 0 aliphatic carbocycles. The highest BCUT2D eigenvalue weighted by Gasteiger charge is 2.20. The van der Waals surface area contributed by atoms with Crippen LogP contribution in [0.1, 0.15) is 32.4 Å². The Bertz CT molecular complexity index is 651. The van der Waals surface area contributed by atoms with Crippen molar-refractivity contribution in [2.75, 3.05) is 12.4 Å². The minimum Gasteiger partial charge on any atom is -0.310 e. The third-order valence-electron chi connectivity index (χ3n) is 3.80. The largest absolute Gasteiger partial charge is 0.310 e. The zero-order chi connectivity index (χ0) is 17.0. The second kappa shape index (κ2) is 7.75. The summed E-state index contributed by atoms with van der Waals surface area (Å²) < 4.78 is 2.86. The lowest BCUT2D eigenvalue weighted by molar-refractivity contribution is -0.120. The molecule has 1 aromatic carbocycles. The quantitative estimate of drug-likeness (QED) is 0.833. The molecule has 5 nitrogen and oxygen atoms in total. The number of nitrogens with one attached hydrogen (secondary N) is 1. The Kier molecular flexibility index (Phi) is 5.96. The van der Waals surface area contributed by atoms with Crippen LogP contribution in [0.2, 0.25) is 0 Å². The molecule has 1 N–H and O–H groups in total. The summed E-state index contributed by atoms with van der Waals surface area (Å²) in [5.41, 5.74) is 1.17. The molecule has 2 aromatic rings. The van der Waals surface area contributed by atoms with Gasteiger partial charge in [0.2, 0.25) is 5.91 Å². The van der Waals surface area contributed by atoms with E-state index in [0.717, 1.165) is 10.3 Å². The van der Waals surface area contributed by atoms with Gasteiger partial charge in [0.05, 0.1) is 12.2 Å². The molecule has 2 rings (SSSR count). The van der Waals surface area contributed by atoms with Crippen molar-refractivity contribution >= 4 is 27.7 Å². The van der Waals surface area contributed by atoms with Gasteiger partial charge in [-0.3, -0.25) is 9.69 Å². The van der Waals surface area contributed by atoms with Crippen molar-refractivity contribution in [1.82, 2.24) is 14.7 Å². The Morgan fingerprint density at radius 3 is 2.52 bits per heavy atom. The van der Waals surface area contributed by atoms with Crippen LogP contribution in [0.5, 0.6) is 0 Å². The first-order valence-electron chi connectivity index (χ1n) is 7.67. The molecule has 0 spiro atoms. The van der Waals surface area contributed by atoms with Gasteiger partial charge in [0.1, 0.15) is 5.82 Å². The third-order valence-corrected chi connectivity index (χ3v) is 4.33. The lowest BCUT2D eigenvalue weighted by Crippen LogP contribution is -2.39. The maximum absolute atomic E-state index is 12.5. The van der Waals surface area contributed by atoms with E-state index in [1.54, 1.807) is 10.9 Å². The van der Waals surface area contributed by atoms with E-state index in [1.807, 2.05) is 50.9 Å². The van der Waals surface area contributed by atoms with E-state index >= 15 is 0 Å². The zero-order valence-corrected chi connectivity index (χ0v) is 15.5. The van der Waals surface area contributed by atoms with Gasteiger partial charge in [0, 0.05) is 23.1 Å². The number of amides is 1. The van der Waals surface area contributed by atoms with Crippen molar-refractivity contribution in [3.63, 3.8) is 0 Å². The van der Waals surface area contributed by atoms with Gasteiger partial charge < -0.3 is 5.32 Å². The fourth-order valence-electron chi connectivity index (χ4n) is 2.27. The van der Waals surface area contributed by atoms with Crippen LogP contribution in [-0.2, 0) is 11.3 Å². The zero-order valence-electron chi connectivity index (χ0n) is 14.0. The van der Waals surface area contributed by atoms with Crippen molar-refractivity contribution < 1.29 is 4.79 Å². The highest BCUT2D eigenvalue weighted by Crippen LogP contribution is 2.15. The van der Waals surface area contributed by atoms with Gasteiger partial charge in [0.15, 0.2) is 0 Å². The average molecular weight is 379 g/mol. The molecule has 0 bridgehead atoms. The van der Waals surface area contributed by atoms with Gasteiger partial charge in [-0.05, 0) is 45.5 Å². The van der Waals surface area contributed by atoms with E-state index in [-0.39, 0.29) is 18.0 Å². The van der Waals surface area contributed by atoms with Gasteiger partial charge in [-0.25, -0.2) is 4.68 Å². The lowest BCUT2D eigenvalue weighted by Gasteiger charge is -2.24. The first-order valence-corrected chi connectivity index (χ1v) is 8.47. The van der Waals surface area contributed by atoms with Crippen molar-refractivity contribution in [1.29, 1.82) is 0 Å². The van der Waals surface area contributed by atoms with Crippen LogP contribution in [0.15, 0.2) is 41.0 Å². The van der Waals surface area contributed by atoms with Crippen LogP contribution >= 0.6 is 15.9 Å². The maximum atomic E-state index is 12.5. The predicted molar refractivity (Wildman–Crippen MR) is 96.3 cm³/mol. The van der Waals surface area contributed by atoms with Gasteiger partial charge in [-0.15, -0.1) is 0 Å². The fourth-order valence-corrected chi connectivity index (χ4v) is 2.53. The van der Waals surface area contributed by atoms with Crippen LogP contribution in [0.4, 0.5) is 5.82 Å². The summed E-state index contributed by atoms with van der Waals surface area (Å²) in [6.45, 7) is 6.69. The third kappa shape index (κ3) is 4.65. The van der Waals surface area contributed by atoms with Crippen LogP contribution in [0.25, 0.3) is 0 Å². The molecule has 0 radical (unpaired) electrons. The van der Waals surface area contributed by atoms with E-state index in [0.29, 0.717) is 6.54 Å². The smallest absolute Gasteiger partial charge is 0.242 e. The number of halogens is 1. The molecule has 1 aromatic heterocycles. The van der Waals surface area contributed by atoms with Crippen LogP contribution < -0.4 is 5.32 Å². The Hall–Kier alpha value is -1.66. The molecule has 23 heavy (non-hydrogen) atoms. The molecule has 1 atom stereocenters. The molecule has 0 fully saturated rings. The van der Waals surface area contributed by atoms with Gasteiger partial charge >= 0.3 is 0 Å². The second-order valence-corrected chi connectivity index (χ2v) is 6.88. The molecule has 6 heteroatoms. The molecule has 0 aliphatic heterocycles. The molecule has 1 amide bonds. The van der Waals surface area contributed by atoms with Crippen LogP contribution in [0, 0.1) is 0 Å². The Labute approximate surface area is 145 Å². The summed E-state index contributed by atoms with van der Waals surface area (Å²) in [6, 6.07) is 9.91. The van der Waals surface area contributed by atoms with Gasteiger partial charge in [-0.2, -0.15) is 5.10 Å². The monoisotopic (exact) mass is 378 g/mol. The SMILES string of the molecule is CC(C)n1nccc1NC(=O)[C@@H](C)N(C)Cc1ccc(Br)cc1. The number of hydrogen-bond acceptors (Lipinski definition) is 3. The van der Waals surface area contributed by atoms with Crippen LogP contribution in [0.3, 0.4) is 0 Å². The van der Waals surface area contributed by atoms with Crippen molar-refractivity contribution in [3.8, 4) is 0 Å². The average Bonchev–Trinajstić information content (AvgIpc) is 2.97. The number of carbonyl (C=O) groups is 1. The number of nitrogens with zero attached hydrogens (tertiary/aromatic N) is 3. The molecule has 1 heterocycles. The lowest BCUT2D eigenvalue weighted by atomic mass is 10.2. The fraction of sp³-hybridized carbons (Fsp3) is 0.412. The number of anilines is 1. The Morgan fingerprint density at radius 1 is 1.26 bits per heavy atom. The van der Waals surface area contributed by atoms with E-state index in [2.05, 4.69) is 38.5 Å². The first kappa shape index (κ1) is 17.7. The van der Waals surface area contributed by atoms with Gasteiger partial charge in [0.25, 0.3) is 0 Å². The summed E-state index contributed by atoms with van der Waals surface area (Å²) in [6.07, 6.45) is 1.70. The minimum atomic E-state index is -0.242. The molecular formula is C17H23BrN4O. The first-order chi connectivity index (χ1) is 10.9. The highest BCUT2D eigenvalue weighted by atomic mass is 79.9. The van der Waals surface area contributed by atoms with E-state index in [1.165, 1.54) is 5.56 Å². The summed E-state index contributed by atoms with van der Waals surface area (Å²) in [5.74, 6) is 0.695. The molecule has 124 valence electrons. The normalized spacial score (nSPS) is 12.7. The topological polar surface area (TPSA) is 50.2 Å².